The van der Waals surface area contributed by atoms with Gasteiger partial charge in [-0.1, -0.05) is 23.7 Å². The van der Waals surface area contributed by atoms with Gasteiger partial charge in [0.05, 0.1) is 18.7 Å². The van der Waals surface area contributed by atoms with Gasteiger partial charge in [-0.25, -0.2) is 9.78 Å². The van der Waals surface area contributed by atoms with Gasteiger partial charge in [0.15, 0.2) is 0 Å². The van der Waals surface area contributed by atoms with E-state index in [-0.39, 0.29) is 18.0 Å². The topological polar surface area (TPSA) is 54.5 Å². The number of hydrogen-bond donors (Lipinski definition) is 1. The van der Waals surface area contributed by atoms with Crippen LogP contribution in [-0.2, 0) is 12.7 Å². The lowest BCUT2D eigenvalue weighted by Gasteiger charge is -2.38. The molecule has 1 saturated heterocycles. The molecule has 1 aliphatic rings. The number of rotatable bonds is 4. The molecule has 0 aliphatic carbocycles. The van der Waals surface area contributed by atoms with Crippen molar-refractivity contribution in [2.75, 3.05) is 13.1 Å². The summed E-state index contributed by atoms with van der Waals surface area (Å²) in [5, 5.41) is 3.40. The van der Waals surface area contributed by atoms with E-state index in [0.717, 1.165) is 17.8 Å². The van der Waals surface area contributed by atoms with Gasteiger partial charge in [-0.3, -0.25) is 0 Å². The van der Waals surface area contributed by atoms with E-state index >= 15 is 0 Å². The summed E-state index contributed by atoms with van der Waals surface area (Å²) in [6, 6.07) is 8.98. The maximum Gasteiger partial charge on any atom is 0.417 e. The van der Waals surface area contributed by atoms with Crippen LogP contribution in [-0.4, -0.2) is 35.1 Å². The second kappa shape index (κ2) is 7.41. The summed E-state index contributed by atoms with van der Waals surface area (Å²) < 4.78 is 42.9. The first-order chi connectivity index (χ1) is 12.3. The summed E-state index contributed by atoms with van der Waals surface area (Å²) >= 11 is 5.80. The molecule has 2 heterocycles. The molecule has 0 saturated carbocycles. The third-order valence-electron chi connectivity index (χ3n) is 3.84. The lowest BCUT2D eigenvalue weighted by Crippen LogP contribution is -2.58. The van der Waals surface area contributed by atoms with Crippen LogP contribution < -0.4 is 10.1 Å². The zero-order chi connectivity index (χ0) is 18.7. The van der Waals surface area contributed by atoms with Crippen LogP contribution in [0.25, 0.3) is 0 Å². The Morgan fingerprint density at radius 3 is 2.50 bits per heavy atom. The Morgan fingerprint density at radius 2 is 1.92 bits per heavy atom. The summed E-state index contributed by atoms with van der Waals surface area (Å²) in [6.45, 7) is 1.06. The standard InChI is InChI=1S/C17H15ClF3N3O2/c18-13-4-1-11(2-5-13)7-23-16(25)24-9-14(10-24)26-15-6-3-12(8-22-15)17(19,20)21/h1-6,8,14H,7,9-10H2,(H,23,25). The van der Waals surface area contributed by atoms with Crippen molar-refractivity contribution in [3.05, 3.63) is 58.7 Å². The van der Waals surface area contributed by atoms with E-state index in [2.05, 4.69) is 10.3 Å². The van der Waals surface area contributed by atoms with Gasteiger partial charge in [-0.15, -0.1) is 0 Å². The van der Waals surface area contributed by atoms with Crippen molar-refractivity contribution >= 4 is 17.6 Å². The van der Waals surface area contributed by atoms with Crippen molar-refractivity contribution in [1.29, 1.82) is 0 Å². The summed E-state index contributed by atoms with van der Waals surface area (Å²) in [4.78, 5) is 17.2. The fourth-order valence-corrected chi connectivity index (χ4v) is 2.48. The van der Waals surface area contributed by atoms with Crippen molar-refractivity contribution in [2.45, 2.75) is 18.8 Å². The number of hydrogen-bond acceptors (Lipinski definition) is 3. The number of pyridine rings is 1. The first kappa shape index (κ1) is 18.3. The number of aromatic nitrogens is 1. The summed E-state index contributed by atoms with van der Waals surface area (Å²) in [5.41, 5.74) is 0.0895. The van der Waals surface area contributed by atoms with Crippen LogP contribution in [0.3, 0.4) is 0 Å². The second-order valence-electron chi connectivity index (χ2n) is 5.81. The van der Waals surface area contributed by atoms with E-state index in [1.165, 1.54) is 6.07 Å². The zero-order valence-electron chi connectivity index (χ0n) is 13.5. The summed E-state index contributed by atoms with van der Waals surface area (Å²) in [5.74, 6) is 0.101. The zero-order valence-corrected chi connectivity index (χ0v) is 14.2. The lowest BCUT2D eigenvalue weighted by atomic mass is 10.2. The van der Waals surface area contributed by atoms with E-state index in [0.29, 0.717) is 24.7 Å². The van der Waals surface area contributed by atoms with Crippen molar-refractivity contribution in [2.24, 2.45) is 0 Å². The number of nitrogens with one attached hydrogen (secondary N) is 1. The number of urea groups is 1. The highest BCUT2D eigenvalue weighted by atomic mass is 35.5. The molecule has 26 heavy (non-hydrogen) atoms. The number of ether oxygens (including phenoxy) is 1. The Morgan fingerprint density at radius 1 is 1.23 bits per heavy atom. The predicted molar refractivity (Wildman–Crippen MR) is 88.9 cm³/mol. The molecule has 1 aromatic carbocycles. The number of halogens is 4. The van der Waals surface area contributed by atoms with E-state index in [4.69, 9.17) is 16.3 Å². The number of benzene rings is 1. The van der Waals surface area contributed by atoms with Gasteiger partial charge in [0, 0.05) is 23.8 Å². The van der Waals surface area contributed by atoms with Gasteiger partial charge in [0.2, 0.25) is 5.88 Å². The number of amides is 2. The number of carbonyl (C=O) groups is 1. The van der Waals surface area contributed by atoms with Crippen LogP contribution in [0.5, 0.6) is 5.88 Å². The fraction of sp³-hybridized carbons (Fsp3) is 0.294. The minimum absolute atomic E-state index is 0.101. The molecular formula is C17H15ClF3N3O2. The van der Waals surface area contributed by atoms with Crippen molar-refractivity contribution in [1.82, 2.24) is 15.2 Å². The molecule has 0 spiro atoms. The lowest BCUT2D eigenvalue weighted by molar-refractivity contribution is -0.137. The molecule has 3 rings (SSSR count). The monoisotopic (exact) mass is 385 g/mol. The van der Waals surface area contributed by atoms with E-state index < -0.39 is 11.7 Å². The average Bonchev–Trinajstić information content (AvgIpc) is 2.56. The molecule has 138 valence electrons. The first-order valence-electron chi connectivity index (χ1n) is 7.78. The minimum atomic E-state index is -4.43. The van der Waals surface area contributed by atoms with Crippen LogP contribution in [0.15, 0.2) is 42.6 Å². The molecule has 0 bridgehead atoms. The van der Waals surface area contributed by atoms with Crippen LogP contribution in [0, 0.1) is 0 Å². The normalized spacial score (nSPS) is 14.7. The number of nitrogens with zero attached hydrogens (tertiary/aromatic N) is 2. The maximum atomic E-state index is 12.5. The van der Waals surface area contributed by atoms with Gasteiger partial charge in [0.1, 0.15) is 6.10 Å². The van der Waals surface area contributed by atoms with Crippen LogP contribution >= 0.6 is 11.6 Å². The first-order valence-corrected chi connectivity index (χ1v) is 8.16. The molecule has 5 nitrogen and oxygen atoms in total. The quantitative estimate of drug-likeness (QED) is 0.872. The number of likely N-dealkylation sites (tertiary alicyclic amines) is 1. The van der Waals surface area contributed by atoms with Crippen molar-refractivity contribution in [3.63, 3.8) is 0 Å². The maximum absolute atomic E-state index is 12.5. The molecule has 1 fully saturated rings. The highest BCUT2D eigenvalue weighted by Crippen LogP contribution is 2.29. The third kappa shape index (κ3) is 4.57. The smallest absolute Gasteiger partial charge is 0.417 e. The van der Waals surface area contributed by atoms with Gasteiger partial charge in [-0.2, -0.15) is 13.2 Å². The Balaban J connectivity index is 1.42. The number of alkyl halides is 3. The molecule has 0 radical (unpaired) electrons. The van der Waals surface area contributed by atoms with Crippen molar-refractivity contribution < 1.29 is 22.7 Å². The van der Waals surface area contributed by atoms with Crippen molar-refractivity contribution in [3.8, 4) is 5.88 Å². The van der Waals surface area contributed by atoms with Gasteiger partial charge >= 0.3 is 12.2 Å². The minimum Gasteiger partial charge on any atom is -0.471 e. The van der Waals surface area contributed by atoms with Crippen LogP contribution in [0.1, 0.15) is 11.1 Å². The number of carbonyl (C=O) groups excluding carboxylic acids is 1. The molecule has 0 unspecified atom stereocenters. The van der Waals surface area contributed by atoms with Crippen LogP contribution in [0.4, 0.5) is 18.0 Å². The molecule has 0 atom stereocenters. The molecule has 1 N–H and O–H groups in total. The Bertz CT molecular complexity index is 760. The van der Waals surface area contributed by atoms with Crippen LogP contribution in [0.2, 0.25) is 5.02 Å². The van der Waals surface area contributed by atoms with E-state index in [1.807, 2.05) is 12.1 Å². The predicted octanol–water partition coefficient (Wildman–Crippen LogP) is 3.73. The van der Waals surface area contributed by atoms with Gasteiger partial charge < -0.3 is 15.0 Å². The largest absolute Gasteiger partial charge is 0.471 e. The molecular weight excluding hydrogens is 371 g/mol. The highest BCUT2D eigenvalue weighted by Gasteiger charge is 2.33. The molecule has 1 aliphatic heterocycles. The molecule has 2 amide bonds. The average molecular weight is 386 g/mol. The molecule has 1 aromatic heterocycles. The second-order valence-corrected chi connectivity index (χ2v) is 6.25. The van der Waals surface area contributed by atoms with E-state index in [1.54, 1.807) is 17.0 Å². The third-order valence-corrected chi connectivity index (χ3v) is 4.10. The molecule has 2 aromatic rings. The SMILES string of the molecule is O=C(NCc1ccc(Cl)cc1)N1CC(Oc2ccc(C(F)(F)F)cn2)C1. The van der Waals surface area contributed by atoms with Gasteiger partial charge in [0.25, 0.3) is 0 Å². The Kier molecular flexibility index (Phi) is 5.22. The summed E-state index contributed by atoms with van der Waals surface area (Å²) in [7, 11) is 0. The summed E-state index contributed by atoms with van der Waals surface area (Å²) in [6.07, 6.45) is -3.99. The molecule has 9 heteroatoms. The fourth-order valence-electron chi connectivity index (χ4n) is 2.36. The Hall–Kier alpha value is -2.48. The van der Waals surface area contributed by atoms with E-state index in [9.17, 15) is 18.0 Å². The van der Waals surface area contributed by atoms with Gasteiger partial charge in [-0.05, 0) is 23.8 Å². The highest BCUT2D eigenvalue weighted by molar-refractivity contribution is 6.30. The Labute approximate surface area is 152 Å².